The second-order valence-electron chi connectivity index (χ2n) is 6.17. The molecular weight excluding hydrogens is 368 g/mol. The Labute approximate surface area is 160 Å². The van der Waals surface area contributed by atoms with E-state index >= 15 is 0 Å². The number of aryl methyl sites for hydroxylation is 1. The smallest absolute Gasteiger partial charge is 0.232 e. The summed E-state index contributed by atoms with van der Waals surface area (Å²) in [5.41, 5.74) is 0.524. The number of benzene rings is 1. The molecule has 1 aromatic heterocycles. The highest BCUT2D eigenvalue weighted by molar-refractivity contribution is 7.92. The van der Waals surface area contributed by atoms with Crippen molar-refractivity contribution in [2.24, 2.45) is 0 Å². The predicted octanol–water partition coefficient (Wildman–Crippen LogP) is 2.58. The van der Waals surface area contributed by atoms with Crippen molar-refractivity contribution in [3.63, 3.8) is 0 Å². The lowest BCUT2D eigenvalue weighted by atomic mass is 10.2. The third-order valence-corrected chi connectivity index (χ3v) is 5.20. The van der Waals surface area contributed by atoms with Gasteiger partial charge in [-0.2, -0.15) is 0 Å². The van der Waals surface area contributed by atoms with Crippen LogP contribution in [0.15, 0.2) is 47.1 Å². The predicted molar refractivity (Wildman–Crippen MR) is 104 cm³/mol. The summed E-state index contributed by atoms with van der Waals surface area (Å²) < 4.78 is 35.9. The van der Waals surface area contributed by atoms with Crippen LogP contribution in [-0.2, 0) is 21.2 Å². The largest absolute Gasteiger partial charge is 0.497 e. The van der Waals surface area contributed by atoms with Gasteiger partial charge in [0.25, 0.3) is 0 Å². The Morgan fingerprint density at radius 1 is 1.22 bits per heavy atom. The van der Waals surface area contributed by atoms with Gasteiger partial charge in [0, 0.05) is 32.0 Å². The average Bonchev–Trinajstić information content (AvgIpc) is 3.15. The Balaban J connectivity index is 1.78. The number of nitrogens with zero attached hydrogens (tertiary/aromatic N) is 1. The van der Waals surface area contributed by atoms with E-state index in [9.17, 15) is 13.2 Å². The summed E-state index contributed by atoms with van der Waals surface area (Å²) in [4.78, 5) is 11.9. The number of carbonyl (C=O) groups is 1. The lowest BCUT2D eigenvalue weighted by molar-refractivity contribution is -0.121. The van der Waals surface area contributed by atoms with Crippen LogP contribution in [0.5, 0.6) is 5.75 Å². The standard InChI is InChI=1S/C19H26N2O5S/c1-25-18-8-3-7-16(15-18)21(27(2,23)24)13-5-11-19(22)20-12-4-9-17-10-6-14-26-17/h3,6-8,10,14-15H,4-5,9,11-13H2,1-2H3,(H,20,22). The summed E-state index contributed by atoms with van der Waals surface area (Å²) in [6.07, 6.45) is 5.03. The van der Waals surface area contributed by atoms with Crippen LogP contribution in [0.1, 0.15) is 25.0 Å². The molecular formula is C19H26N2O5S. The Morgan fingerprint density at radius 2 is 2.04 bits per heavy atom. The molecule has 0 aliphatic heterocycles. The fourth-order valence-corrected chi connectivity index (χ4v) is 3.63. The van der Waals surface area contributed by atoms with Crippen molar-refractivity contribution >= 4 is 21.6 Å². The molecule has 148 valence electrons. The van der Waals surface area contributed by atoms with Crippen molar-refractivity contribution in [3.8, 4) is 5.75 Å². The molecule has 0 unspecified atom stereocenters. The molecule has 0 aliphatic rings. The number of furan rings is 1. The van der Waals surface area contributed by atoms with Crippen LogP contribution in [0.4, 0.5) is 5.69 Å². The lowest BCUT2D eigenvalue weighted by Crippen LogP contribution is -2.32. The molecule has 2 rings (SSSR count). The molecule has 0 saturated carbocycles. The maximum Gasteiger partial charge on any atom is 0.232 e. The highest BCUT2D eigenvalue weighted by Crippen LogP contribution is 2.23. The van der Waals surface area contributed by atoms with Crippen molar-refractivity contribution in [2.75, 3.05) is 30.8 Å². The molecule has 1 N–H and O–H groups in total. The Hall–Kier alpha value is -2.48. The maximum atomic E-state index is 12.1. The fourth-order valence-electron chi connectivity index (χ4n) is 2.67. The first kappa shape index (κ1) is 20.8. The molecule has 1 aromatic carbocycles. The number of anilines is 1. The summed E-state index contributed by atoms with van der Waals surface area (Å²) in [7, 11) is -1.92. The molecule has 0 fully saturated rings. The molecule has 2 aromatic rings. The van der Waals surface area contributed by atoms with E-state index in [1.54, 1.807) is 30.5 Å². The number of rotatable bonds is 11. The highest BCUT2D eigenvalue weighted by Gasteiger charge is 2.18. The third kappa shape index (κ3) is 6.97. The minimum Gasteiger partial charge on any atom is -0.497 e. The summed E-state index contributed by atoms with van der Waals surface area (Å²) >= 11 is 0. The first-order valence-electron chi connectivity index (χ1n) is 8.81. The summed E-state index contributed by atoms with van der Waals surface area (Å²) in [5.74, 6) is 1.38. The van der Waals surface area contributed by atoms with Gasteiger partial charge in [-0.3, -0.25) is 9.10 Å². The van der Waals surface area contributed by atoms with Gasteiger partial charge < -0.3 is 14.5 Å². The Bertz CT molecular complexity index is 818. The Kier molecular flexibility index (Phi) is 7.72. The van der Waals surface area contributed by atoms with Crippen LogP contribution in [-0.4, -0.2) is 40.8 Å². The normalized spacial score (nSPS) is 11.2. The van der Waals surface area contributed by atoms with Crippen LogP contribution in [0.3, 0.4) is 0 Å². The van der Waals surface area contributed by atoms with E-state index in [0.717, 1.165) is 24.9 Å². The van der Waals surface area contributed by atoms with Gasteiger partial charge in [-0.25, -0.2) is 8.42 Å². The van der Waals surface area contributed by atoms with Crippen LogP contribution < -0.4 is 14.4 Å². The quantitative estimate of drug-likeness (QED) is 0.592. The first-order valence-corrected chi connectivity index (χ1v) is 10.7. The number of sulfonamides is 1. The van der Waals surface area contributed by atoms with Crippen LogP contribution in [0.2, 0.25) is 0 Å². The highest BCUT2D eigenvalue weighted by atomic mass is 32.2. The zero-order valence-corrected chi connectivity index (χ0v) is 16.5. The minimum atomic E-state index is -3.45. The van der Waals surface area contributed by atoms with E-state index in [-0.39, 0.29) is 18.9 Å². The summed E-state index contributed by atoms with van der Waals surface area (Å²) in [5, 5.41) is 2.85. The molecule has 0 atom stereocenters. The molecule has 1 heterocycles. The van der Waals surface area contributed by atoms with Crippen molar-refractivity contribution in [1.29, 1.82) is 0 Å². The molecule has 27 heavy (non-hydrogen) atoms. The van der Waals surface area contributed by atoms with Crippen LogP contribution in [0, 0.1) is 0 Å². The van der Waals surface area contributed by atoms with Gasteiger partial charge in [0.2, 0.25) is 15.9 Å². The molecule has 0 radical (unpaired) electrons. The van der Waals surface area contributed by atoms with Crippen LogP contribution >= 0.6 is 0 Å². The molecule has 8 heteroatoms. The fraction of sp³-hybridized carbons (Fsp3) is 0.421. The second kappa shape index (κ2) is 10.0. The molecule has 1 amide bonds. The number of hydrogen-bond acceptors (Lipinski definition) is 5. The third-order valence-electron chi connectivity index (χ3n) is 4.01. The van der Waals surface area contributed by atoms with Crippen molar-refractivity contribution in [2.45, 2.75) is 25.7 Å². The van der Waals surface area contributed by atoms with Crippen molar-refractivity contribution in [3.05, 3.63) is 48.4 Å². The van der Waals surface area contributed by atoms with Gasteiger partial charge in [0.15, 0.2) is 0 Å². The van der Waals surface area contributed by atoms with Crippen LogP contribution in [0.25, 0.3) is 0 Å². The molecule has 7 nitrogen and oxygen atoms in total. The topological polar surface area (TPSA) is 88.8 Å². The molecule has 0 spiro atoms. The van der Waals surface area contributed by atoms with E-state index in [1.807, 2.05) is 12.1 Å². The lowest BCUT2D eigenvalue weighted by Gasteiger charge is -2.22. The number of hydrogen-bond donors (Lipinski definition) is 1. The zero-order chi connectivity index (χ0) is 19.7. The van der Waals surface area contributed by atoms with E-state index in [0.29, 0.717) is 24.4 Å². The van der Waals surface area contributed by atoms with Gasteiger partial charge in [-0.1, -0.05) is 6.07 Å². The number of methoxy groups -OCH3 is 1. The van der Waals surface area contributed by atoms with E-state index in [4.69, 9.17) is 9.15 Å². The first-order chi connectivity index (χ1) is 12.9. The minimum absolute atomic E-state index is 0.0893. The van der Waals surface area contributed by atoms with Gasteiger partial charge in [-0.15, -0.1) is 0 Å². The van der Waals surface area contributed by atoms with Gasteiger partial charge in [0.05, 0.1) is 25.3 Å². The number of carbonyl (C=O) groups excluding carboxylic acids is 1. The monoisotopic (exact) mass is 394 g/mol. The SMILES string of the molecule is COc1cccc(N(CCCC(=O)NCCCc2ccco2)S(C)(=O)=O)c1. The Morgan fingerprint density at radius 3 is 2.70 bits per heavy atom. The van der Waals surface area contributed by atoms with Crippen molar-refractivity contribution < 1.29 is 22.4 Å². The average molecular weight is 394 g/mol. The number of amides is 1. The van der Waals surface area contributed by atoms with E-state index < -0.39 is 10.0 Å². The van der Waals surface area contributed by atoms with Gasteiger partial charge in [-0.05, 0) is 37.1 Å². The van der Waals surface area contributed by atoms with E-state index in [2.05, 4.69) is 5.32 Å². The molecule has 0 saturated heterocycles. The van der Waals surface area contributed by atoms with Gasteiger partial charge >= 0.3 is 0 Å². The van der Waals surface area contributed by atoms with Crippen molar-refractivity contribution in [1.82, 2.24) is 5.32 Å². The maximum absolute atomic E-state index is 12.1. The number of ether oxygens (including phenoxy) is 1. The second-order valence-corrected chi connectivity index (χ2v) is 8.08. The molecule has 0 aliphatic carbocycles. The summed E-state index contributed by atoms with van der Waals surface area (Å²) in [6, 6.07) is 10.6. The molecule has 0 bridgehead atoms. The summed E-state index contributed by atoms with van der Waals surface area (Å²) in [6.45, 7) is 0.789. The van der Waals surface area contributed by atoms with E-state index in [1.165, 1.54) is 11.4 Å². The van der Waals surface area contributed by atoms with Gasteiger partial charge in [0.1, 0.15) is 11.5 Å². The number of nitrogens with one attached hydrogen (secondary N) is 1. The zero-order valence-electron chi connectivity index (χ0n) is 15.7.